The lowest BCUT2D eigenvalue weighted by atomic mass is 9.68. The van der Waals surface area contributed by atoms with E-state index >= 15 is 0 Å². The molecule has 0 saturated heterocycles. The SMILES string of the molecule is CCCCC[C@H]1CC[C@H]([C@H]2CC[C@H](C(=O)Oc3ccc(CCC(F)(F)C(F)(F)C(F)(F)C(F)(F)C(F)(F)C(F)(F)F)cc3)CC2)CC1. The Morgan fingerprint density at radius 2 is 1.15 bits per heavy atom. The number of aryl methyl sites for hydroxylation is 1. The van der Waals surface area contributed by atoms with Crippen LogP contribution < -0.4 is 4.74 Å². The molecule has 3 rings (SSSR count). The van der Waals surface area contributed by atoms with Gasteiger partial charge in [-0.1, -0.05) is 57.6 Å². The Morgan fingerprint density at radius 3 is 1.64 bits per heavy atom. The summed E-state index contributed by atoms with van der Waals surface area (Å²) in [5.74, 6) is -35.9. The summed E-state index contributed by atoms with van der Waals surface area (Å²) in [6.07, 6.45) is 1.90. The minimum atomic E-state index is -7.91. The molecule has 47 heavy (non-hydrogen) atoms. The molecule has 0 N–H and O–H groups in total. The van der Waals surface area contributed by atoms with Gasteiger partial charge in [-0.25, -0.2) is 0 Å². The van der Waals surface area contributed by atoms with Gasteiger partial charge in [-0.3, -0.25) is 4.79 Å². The second-order valence-corrected chi connectivity index (χ2v) is 13.0. The van der Waals surface area contributed by atoms with Crippen LogP contribution >= 0.6 is 0 Å². The molecule has 2 fully saturated rings. The summed E-state index contributed by atoms with van der Waals surface area (Å²) < 4.78 is 178. The molecule has 0 aromatic heterocycles. The van der Waals surface area contributed by atoms with Crippen molar-refractivity contribution in [2.45, 2.75) is 133 Å². The highest BCUT2D eigenvalue weighted by atomic mass is 19.4. The number of esters is 1. The third-order valence-corrected chi connectivity index (χ3v) is 9.75. The Kier molecular flexibility index (Phi) is 12.3. The molecule has 0 aliphatic heterocycles. The van der Waals surface area contributed by atoms with E-state index in [0.717, 1.165) is 43.0 Å². The maximum atomic E-state index is 14.1. The van der Waals surface area contributed by atoms with E-state index in [1.165, 1.54) is 51.4 Å². The van der Waals surface area contributed by atoms with Gasteiger partial charge in [-0.05, 0) is 80.4 Å². The Labute approximate surface area is 264 Å². The van der Waals surface area contributed by atoms with Crippen LogP contribution in [0.25, 0.3) is 0 Å². The zero-order valence-corrected chi connectivity index (χ0v) is 25.7. The summed E-state index contributed by atoms with van der Waals surface area (Å²) in [5.41, 5.74) is -0.253. The number of halogens is 13. The molecule has 0 unspecified atom stereocenters. The number of benzene rings is 1. The van der Waals surface area contributed by atoms with Crippen LogP contribution in [0.3, 0.4) is 0 Å². The van der Waals surface area contributed by atoms with Gasteiger partial charge in [0.2, 0.25) is 0 Å². The van der Waals surface area contributed by atoms with Crippen LogP contribution in [0.2, 0.25) is 0 Å². The molecule has 0 spiro atoms. The number of hydrogen-bond acceptors (Lipinski definition) is 2. The molecule has 2 nitrogen and oxygen atoms in total. The lowest BCUT2D eigenvalue weighted by Gasteiger charge is -2.39. The molecule has 1 aromatic rings. The van der Waals surface area contributed by atoms with Gasteiger partial charge in [-0.15, -0.1) is 0 Å². The van der Waals surface area contributed by atoms with Gasteiger partial charge < -0.3 is 4.74 Å². The maximum absolute atomic E-state index is 14.1. The summed E-state index contributed by atoms with van der Waals surface area (Å²) in [6, 6.07) is 4.19. The van der Waals surface area contributed by atoms with Gasteiger partial charge in [0.15, 0.2) is 0 Å². The Morgan fingerprint density at radius 1 is 0.660 bits per heavy atom. The van der Waals surface area contributed by atoms with E-state index < -0.39 is 54.6 Å². The first-order valence-corrected chi connectivity index (χ1v) is 15.9. The highest BCUT2D eigenvalue weighted by molar-refractivity contribution is 5.75. The van der Waals surface area contributed by atoms with Crippen molar-refractivity contribution in [3.8, 4) is 5.75 Å². The number of carbonyl (C=O) groups is 1. The van der Waals surface area contributed by atoms with E-state index in [9.17, 15) is 61.9 Å². The number of alkyl halides is 13. The number of unbranched alkanes of at least 4 members (excludes halogenated alkanes) is 2. The molecule has 15 heteroatoms. The molecule has 2 aliphatic carbocycles. The predicted octanol–water partition coefficient (Wildman–Crippen LogP) is 11.5. The molecule has 0 heterocycles. The fourth-order valence-corrected chi connectivity index (χ4v) is 6.64. The van der Waals surface area contributed by atoms with Crippen LogP contribution in [-0.2, 0) is 11.2 Å². The van der Waals surface area contributed by atoms with Crippen LogP contribution in [0.5, 0.6) is 5.75 Å². The first kappa shape index (κ1) is 39.2. The average molecular weight is 703 g/mol. The topological polar surface area (TPSA) is 26.3 Å². The first-order chi connectivity index (χ1) is 21.6. The number of carbonyl (C=O) groups excluding carboxylic acids is 1. The molecule has 2 aliphatic rings. The molecule has 0 atom stereocenters. The predicted molar refractivity (Wildman–Crippen MR) is 146 cm³/mol. The van der Waals surface area contributed by atoms with E-state index in [2.05, 4.69) is 6.92 Å². The number of hydrogen-bond donors (Lipinski definition) is 0. The molecular formula is C32H39F13O2. The normalized spacial score (nSPS) is 23.9. The lowest BCUT2D eigenvalue weighted by Crippen LogP contribution is -2.70. The van der Waals surface area contributed by atoms with Crippen LogP contribution in [0.15, 0.2) is 24.3 Å². The Hall–Kier alpha value is -2.22. The lowest BCUT2D eigenvalue weighted by molar-refractivity contribution is -0.440. The molecular weight excluding hydrogens is 663 g/mol. The summed E-state index contributed by atoms with van der Waals surface area (Å²) in [5, 5.41) is 0. The van der Waals surface area contributed by atoms with E-state index in [4.69, 9.17) is 4.74 Å². The minimum absolute atomic E-state index is 0.0417. The van der Waals surface area contributed by atoms with Gasteiger partial charge in [0.05, 0.1) is 5.92 Å². The quantitative estimate of drug-likeness (QED) is 0.0835. The number of ether oxygens (including phenoxy) is 1. The second kappa shape index (κ2) is 14.7. The van der Waals surface area contributed by atoms with Crippen LogP contribution in [0, 0.1) is 23.7 Å². The summed E-state index contributed by atoms with van der Waals surface area (Å²) in [6.45, 7) is 2.19. The zero-order valence-electron chi connectivity index (χ0n) is 25.7. The van der Waals surface area contributed by atoms with Crippen molar-refractivity contribution in [1.29, 1.82) is 0 Å². The van der Waals surface area contributed by atoms with Gasteiger partial charge in [-0.2, -0.15) is 57.1 Å². The highest BCUT2D eigenvalue weighted by Gasteiger charge is 2.90. The molecule has 2 saturated carbocycles. The van der Waals surface area contributed by atoms with Crippen molar-refractivity contribution < 1.29 is 66.6 Å². The van der Waals surface area contributed by atoms with Crippen LogP contribution in [0.4, 0.5) is 57.1 Å². The summed E-state index contributed by atoms with van der Waals surface area (Å²) in [4.78, 5) is 12.7. The molecule has 0 radical (unpaired) electrons. The summed E-state index contributed by atoms with van der Waals surface area (Å²) >= 11 is 0. The fourth-order valence-electron chi connectivity index (χ4n) is 6.64. The van der Waals surface area contributed by atoms with Crippen molar-refractivity contribution in [2.24, 2.45) is 23.7 Å². The number of rotatable bonds is 14. The van der Waals surface area contributed by atoms with Crippen molar-refractivity contribution in [3.63, 3.8) is 0 Å². The summed E-state index contributed by atoms with van der Waals surface area (Å²) in [7, 11) is 0. The largest absolute Gasteiger partial charge is 0.460 e. The average Bonchev–Trinajstić information content (AvgIpc) is 3.00. The van der Waals surface area contributed by atoms with Crippen molar-refractivity contribution in [3.05, 3.63) is 29.8 Å². The van der Waals surface area contributed by atoms with E-state index in [0.29, 0.717) is 24.7 Å². The maximum Gasteiger partial charge on any atom is 0.460 e. The van der Waals surface area contributed by atoms with E-state index in [-0.39, 0.29) is 17.2 Å². The van der Waals surface area contributed by atoms with Gasteiger partial charge in [0.25, 0.3) is 0 Å². The van der Waals surface area contributed by atoms with Crippen molar-refractivity contribution in [1.82, 2.24) is 0 Å². The van der Waals surface area contributed by atoms with Crippen LogP contribution in [-0.4, -0.2) is 41.8 Å². The fraction of sp³-hybridized carbons (Fsp3) is 0.781. The van der Waals surface area contributed by atoms with E-state index in [1.807, 2.05) is 0 Å². The Balaban J connectivity index is 1.51. The van der Waals surface area contributed by atoms with Crippen molar-refractivity contribution >= 4 is 5.97 Å². The molecule has 1 aromatic carbocycles. The van der Waals surface area contributed by atoms with Gasteiger partial charge in [0, 0.05) is 6.42 Å². The first-order valence-electron chi connectivity index (χ1n) is 15.9. The standard InChI is InChI=1S/C32H39F13O2/c1-2-3-4-5-20-6-10-22(11-7-20)23-12-14-24(15-13-23)26(46)47-25-16-8-21(9-17-25)18-19-27(33,34)28(35,36)29(37,38)30(39,40)31(41,42)32(43,44)45/h8-9,16-17,20,22-24H,2-7,10-15,18-19H2,1H3/t20-,22-,23-,24-. The highest BCUT2D eigenvalue weighted by Crippen LogP contribution is 2.60. The smallest absolute Gasteiger partial charge is 0.426 e. The van der Waals surface area contributed by atoms with Crippen molar-refractivity contribution in [2.75, 3.05) is 0 Å². The molecule has 270 valence electrons. The molecule has 0 bridgehead atoms. The minimum Gasteiger partial charge on any atom is -0.426 e. The van der Waals surface area contributed by atoms with Gasteiger partial charge in [0.1, 0.15) is 5.75 Å². The third kappa shape index (κ3) is 8.33. The zero-order chi connectivity index (χ0) is 35.5. The molecule has 0 amide bonds. The van der Waals surface area contributed by atoms with E-state index in [1.54, 1.807) is 0 Å². The van der Waals surface area contributed by atoms with Gasteiger partial charge >= 0.3 is 41.8 Å². The third-order valence-electron chi connectivity index (χ3n) is 9.75. The van der Waals surface area contributed by atoms with Crippen LogP contribution in [0.1, 0.15) is 96.0 Å². The second-order valence-electron chi connectivity index (χ2n) is 13.0. The monoisotopic (exact) mass is 702 g/mol. The Bertz CT molecular complexity index is 1150.